The molecule has 0 unspecified atom stereocenters. The third-order valence-electron chi connectivity index (χ3n) is 3.42. The van der Waals surface area contributed by atoms with Gasteiger partial charge in [0.05, 0.1) is 22.7 Å². The molecular formula is C12H20N2O2S2. The van der Waals surface area contributed by atoms with Gasteiger partial charge in [-0.25, -0.2) is 13.4 Å². The van der Waals surface area contributed by atoms with Crippen molar-refractivity contribution < 1.29 is 8.42 Å². The number of hydrogen-bond donors (Lipinski definition) is 1. The molecule has 1 aromatic heterocycles. The Hall–Kier alpha value is -0.460. The highest BCUT2D eigenvalue weighted by atomic mass is 32.2. The number of rotatable bonds is 1. The quantitative estimate of drug-likeness (QED) is 0.855. The summed E-state index contributed by atoms with van der Waals surface area (Å²) < 4.78 is 22.9. The third-order valence-corrected chi connectivity index (χ3v) is 6.13. The van der Waals surface area contributed by atoms with Crippen LogP contribution in [0.2, 0.25) is 0 Å². The molecule has 102 valence electrons. The Morgan fingerprint density at radius 3 is 2.33 bits per heavy atom. The first-order valence-corrected chi connectivity index (χ1v) is 8.78. The van der Waals surface area contributed by atoms with Gasteiger partial charge in [0.2, 0.25) is 0 Å². The van der Waals surface area contributed by atoms with Crippen LogP contribution in [0.25, 0.3) is 0 Å². The highest BCUT2D eigenvalue weighted by molar-refractivity contribution is 7.91. The monoisotopic (exact) mass is 288 g/mol. The number of nitrogens with zero attached hydrogens (tertiary/aromatic N) is 1. The van der Waals surface area contributed by atoms with Crippen molar-refractivity contribution in [1.29, 1.82) is 0 Å². The third kappa shape index (κ3) is 2.75. The fourth-order valence-electron chi connectivity index (χ4n) is 1.96. The van der Waals surface area contributed by atoms with Crippen LogP contribution in [0.15, 0.2) is 5.38 Å². The Morgan fingerprint density at radius 1 is 1.33 bits per heavy atom. The van der Waals surface area contributed by atoms with E-state index in [1.165, 1.54) is 0 Å². The van der Waals surface area contributed by atoms with Gasteiger partial charge in [0.1, 0.15) is 14.8 Å². The van der Waals surface area contributed by atoms with Gasteiger partial charge in [-0.1, -0.05) is 20.8 Å². The van der Waals surface area contributed by atoms with Crippen molar-refractivity contribution in [2.24, 2.45) is 5.73 Å². The smallest absolute Gasteiger partial charge is 0.150 e. The SMILES string of the molecule is CC(C)(C)c1csc(C2(N)CCS(=O)(=O)CC2)n1. The van der Waals surface area contributed by atoms with E-state index in [-0.39, 0.29) is 16.9 Å². The average Bonchev–Trinajstić information content (AvgIpc) is 2.72. The van der Waals surface area contributed by atoms with Gasteiger partial charge >= 0.3 is 0 Å². The summed E-state index contributed by atoms with van der Waals surface area (Å²) in [6.07, 6.45) is 0.957. The lowest BCUT2D eigenvalue weighted by Crippen LogP contribution is -2.44. The summed E-state index contributed by atoms with van der Waals surface area (Å²) in [4.78, 5) is 4.62. The molecule has 0 amide bonds. The molecule has 1 aliphatic heterocycles. The minimum Gasteiger partial charge on any atom is -0.319 e. The zero-order valence-corrected chi connectivity index (χ0v) is 12.7. The first kappa shape index (κ1) is 14.0. The molecule has 0 atom stereocenters. The molecule has 18 heavy (non-hydrogen) atoms. The second-order valence-corrected chi connectivity index (χ2v) is 9.26. The molecule has 2 N–H and O–H groups in total. The minimum absolute atomic E-state index is 0.00581. The molecule has 1 saturated heterocycles. The number of sulfone groups is 1. The van der Waals surface area contributed by atoms with Gasteiger partial charge in [-0.2, -0.15) is 0 Å². The van der Waals surface area contributed by atoms with E-state index >= 15 is 0 Å². The highest BCUT2D eigenvalue weighted by Crippen LogP contribution is 2.35. The zero-order valence-electron chi connectivity index (χ0n) is 11.1. The van der Waals surface area contributed by atoms with Crippen LogP contribution in [0.1, 0.15) is 44.3 Å². The van der Waals surface area contributed by atoms with E-state index in [9.17, 15) is 8.42 Å². The highest BCUT2D eigenvalue weighted by Gasteiger charge is 2.38. The van der Waals surface area contributed by atoms with Gasteiger partial charge < -0.3 is 5.73 Å². The van der Waals surface area contributed by atoms with Crippen LogP contribution in [-0.4, -0.2) is 24.9 Å². The fraction of sp³-hybridized carbons (Fsp3) is 0.750. The van der Waals surface area contributed by atoms with Gasteiger partial charge in [-0.3, -0.25) is 0 Å². The molecule has 4 nitrogen and oxygen atoms in total. The van der Waals surface area contributed by atoms with Gasteiger partial charge in [0.15, 0.2) is 0 Å². The normalized spacial score (nSPS) is 22.9. The van der Waals surface area contributed by atoms with Crippen molar-refractivity contribution in [1.82, 2.24) is 4.98 Å². The Balaban J connectivity index is 2.24. The lowest BCUT2D eigenvalue weighted by atomic mass is 9.92. The van der Waals surface area contributed by atoms with Crippen LogP contribution < -0.4 is 5.73 Å². The lowest BCUT2D eigenvalue weighted by Gasteiger charge is -2.31. The predicted octanol–water partition coefficient (Wildman–Crippen LogP) is 1.80. The van der Waals surface area contributed by atoms with Gasteiger partial charge in [0, 0.05) is 10.8 Å². The Kier molecular flexibility index (Phi) is 3.32. The van der Waals surface area contributed by atoms with Crippen molar-refractivity contribution in [2.75, 3.05) is 11.5 Å². The number of aromatic nitrogens is 1. The Morgan fingerprint density at radius 2 is 1.89 bits per heavy atom. The predicted molar refractivity (Wildman–Crippen MR) is 74.6 cm³/mol. The molecule has 1 fully saturated rings. The van der Waals surface area contributed by atoms with E-state index in [1.54, 1.807) is 11.3 Å². The second kappa shape index (κ2) is 4.28. The summed E-state index contributed by atoms with van der Waals surface area (Å²) in [5.41, 5.74) is 6.82. The van der Waals surface area contributed by atoms with Gasteiger partial charge in [-0.15, -0.1) is 11.3 Å². The van der Waals surface area contributed by atoms with E-state index in [0.717, 1.165) is 10.7 Å². The van der Waals surface area contributed by atoms with Gasteiger partial charge in [0.25, 0.3) is 0 Å². The van der Waals surface area contributed by atoms with Crippen molar-refractivity contribution in [3.63, 3.8) is 0 Å². The molecule has 0 saturated carbocycles. The number of nitrogens with two attached hydrogens (primary N) is 1. The zero-order chi connectivity index (χ0) is 13.6. The van der Waals surface area contributed by atoms with E-state index < -0.39 is 15.4 Å². The summed E-state index contributed by atoms with van der Waals surface area (Å²) in [7, 11) is -2.89. The molecule has 1 aliphatic rings. The van der Waals surface area contributed by atoms with Crippen molar-refractivity contribution >= 4 is 21.2 Å². The summed E-state index contributed by atoms with van der Waals surface area (Å²) in [6, 6.07) is 0. The summed E-state index contributed by atoms with van der Waals surface area (Å²) in [5, 5.41) is 2.91. The molecule has 6 heteroatoms. The Labute approximate surface area is 113 Å². The maximum atomic E-state index is 11.5. The van der Waals surface area contributed by atoms with Gasteiger partial charge in [-0.05, 0) is 12.8 Å². The molecule has 2 heterocycles. The lowest BCUT2D eigenvalue weighted by molar-refractivity contribution is 0.391. The summed E-state index contributed by atoms with van der Waals surface area (Å²) >= 11 is 1.55. The minimum atomic E-state index is -2.89. The molecule has 0 aromatic carbocycles. The average molecular weight is 288 g/mol. The fourth-order valence-corrected chi connectivity index (χ4v) is 4.74. The molecule has 0 radical (unpaired) electrons. The second-order valence-electron chi connectivity index (χ2n) is 6.10. The number of hydrogen-bond acceptors (Lipinski definition) is 5. The molecule has 0 bridgehead atoms. The molecular weight excluding hydrogens is 268 g/mol. The van der Waals surface area contributed by atoms with Crippen molar-refractivity contribution in [2.45, 2.75) is 44.6 Å². The van der Waals surface area contributed by atoms with E-state index in [1.807, 2.05) is 5.38 Å². The summed E-state index contributed by atoms with van der Waals surface area (Å²) in [5.74, 6) is 0.349. The molecule has 2 rings (SSSR count). The molecule has 1 aromatic rings. The van der Waals surface area contributed by atoms with E-state index in [0.29, 0.717) is 12.8 Å². The largest absolute Gasteiger partial charge is 0.319 e. The summed E-state index contributed by atoms with van der Waals surface area (Å²) in [6.45, 7) is 6.33. The molecule has 0 spiro atoms. The first-order chi connectivity index (χ1) is 8.12. The first-order valence-electron chi connectivity index (χ1n) is 6.08. The molecule has 0 aliphatic carbocycles. The van der Waals surface area contributed by atoms with Crippen LogP contribution in [0, 0.1) is 0 Å². The van der Waals surface area contributed by atoms with Crippen LogP contribution in [0.5, 0.6) is 0 Å². The van der Waals surface area contributed by atoms with Crippen molar-refractivity contribution in [3.05, 3.63) is 16.1 Å². The van der Waals surface area contributed by atoms with Crippen LogP contribution in [0.3, 0.4) is 0 Å². The van der Waals surface area contributed by atoms with Crippen LogP contribution in [-0.2, 0) is 20.8 Å². The van der Waals surface area contributed by atoms with Crippen molar-refractivity contribution in [3.8, 4) is 0 Å². The van der Waals surface area contributed by atoms with Crippen LogP contribution >= 0.6 is 11.3 Å². The standard InChI is InChI=1S/C12H20N2O2S2/c1-11(2,3)9-8-17-10(14-9)12(13)4-6-18(15,16)7-5-12/h8H,4-7,13H2,1-3H3. The Bertz CT molecular complexity index is 527. The maximum absolute atomic E-state index is 11.5. The van der Waals surface area contributed by atoms with E-state index in [4.69, 9.17) is 5.73 Å². The van der Waals surface area contributed by atoms with E-state index in [2.05, 4.69) is 25.8 Å². The van der Waals surface area contributed by atoms with Crippen LogP contribution in [0.4, 0.5) is 0 Å². The topological polar surface area (TPSA) is 73.1 Å². The maximum Gasteiger partial charge on any atom is 0.150 e. The number of thiazole rings is 1.